The van der Waals surface area contributed by atoms with Gasteiger partial charge in [0.15, 0.2) is 0 Å². The van der Waals surface area contributed by atoms with Crippen molar-refractivity contribution in [1.82, 2.24) is 14.9 Å². The largest absolute Gasteiger partial charge is 0.391 e. The van der Waals surface area contributed by atoms with E-state index >= 15 is 0 Å². The molecule has 1 aromatic heterocycles. The molecule has 1 aromatic rings. The number of thioether (sulfide) groups is 1. The Bertz CT molecular complexity index is 371. The zero-order valence-electron chi connectivity index (χ0n) is 10.7. The second-order valence-corrected chi connectivity index (χ2v) is 5.68. The monoisotopic (exact) mass is 289 g/mol. The highest BCUT2D eigenvalue weighted by Crippen LogP contribution is 2.12. The van der Waals surface area contributed by atoms with Gasteiger partial charge in [0.05, 0.1) is 11.8 Å². The third-order valence-corrected chi connectivity index (χ3v) is 3.81. The van der Waals surface area contributed by atoms with Crippen LogP contribution in [0.1, 0.15) is 35.1 Å². The minimum Gasteiger partial charge on any atom is -0.391 e. The molecule has 5 nitrogen and oxygen atoms in total. The molecule has 18 heavy (non-hydrogen) atoms. The molecule has 102 valence electrons. The van der Waals surface area contributed by atoms with Gasteiger partial charge in [-0.25, -0.2) is 0 Å². The highest BCUT2D eigenvalue weighted by atomic mass is 32.2. The summed E-state index contributed by atoms with van der Waals surface area (Å²) in [6, 6.07) is 0. The van der Waals surface area contributed by atoms with Crippen LogP contribution in [0.4, 0.5) is 0 Å². The lowest BCUT2D eigenvalue weighted by Gasteiger charge is -2.10. The molecule has 0 aromatic carbocycles. The van der Waals surface area contributed by atoms with Gasteiger partial charge in [-0.1, -0.05) is 17.8 Å². The standard InChI is InChI=1S/C11H19N3O2S2/c1-3-4-9-10(18-14-13-9)11(16)12-7-8(15)5-6-17-2/h8,15H,3-7H2,1-2H3,(H,12,16). The van der Waals surface area contributed by atoms with Gasteiger partial charge in [0.25, 0.3) is 5.91 Å². The van der Waals surface area contributed by atoms with Crippen molar-refractivity contribution in [1.29, 1.82) is 0 Å². The smallest absolute Gasteiger partial charge is 0.265 e. The molecule has 1 unspecified atom stereocenters. The summed E-state index contributed by atoms with van der Waals surface area (Å²) in [6.45, 7) is 2.32. The molecule has 0 fully saturated rings. The fraction of sp³-hybridized carbons (Fsp3) is 0.727. The zero-order valence-corrected chi connectivity index (χ0v) is 12.3. The minimum atomic E-state index is -0.489. The van der Waals surface area contributed by atoms with Crippen LogP contribution >= 0.6 is 23.3 Å². The van der Waals surface area contributed by atoms with Gasteiger partial charge in [-0.15, -0.1) is 5.10 Å². The van der Waals surface area contributed by atoms with E-state index in [0.29, 0.717) is 11.3 Å². The summed E-state index contributed by atoms with van der Waals surface area (Å²) in [5.41, 5.74) is 0.749. The fourth-order valence-corrected chi connectivity index (χ4v) is 2.56. The van der Waals surface area contributed by atoms with E-state index < -0.39 is 6.10 Å². The number of aliphatic hydroxyl groups is 1. The number of hydrogen-bond acceptors (Lipinski definition) is 6. The molecule has 0 aliphatic heterocycles. The van der Waals surface area contributed by atoms with E-state index in [4.69, 9.17) is 0 Å². The van der Waals surface area contributed by atoms with Crippen LogP contribution < -0.4 is 5.32 Å². The lowest BCUT2D eigenvalue weighted by molar-refractivity contribution is 0.0917. The maximum Gasteiger partial charge on any atom is 0.265 e. The van der Waals surface area contributed by atoms with Gasteiger partial charge >= 0.3 is 0 Å². The Morgan fingerprint density at radius 2 is 2.39 bits per heavy atom. The molecule has 0 aliphatic carbocycles. The molecule has 1 heterocycles. The number of nitrogens with one attached hydrogen (secondary N) is 1. The summed E-state index contributed by atoms with van der Waals surface area (Å²) >= 11 is 2.79. The molecular weight excluding hydrogens is 270 g/mol. The third kappa shape index (κ3) is 4.91. The van der Waals surface area contributed by atoms with E-state index in [9.17, 15) is 9.90 Å². The molecule has 0 bridgehead atoms. The van der Waals surface area contributed by atoms with E-state index in [0.717, 1.165) is 35.8 Å². The van der Waals surface area contributed by atoms with Crippen molar-refractivity contribution in [3.05, 3.63) is 10.6 Å². The van der Waals surface area contributed by atoms with Crippen LogP contribution in [0, 0.1) is 0 Å². The van der Waals surface area contributed by atoms with Crippen molar-refractivity contribution in [2.45, 2.75) is 32.3 Å². The molecular formula is C11H19N3O2S2. The maximum absolute atomic E-state index is 11.9. The van der Waals surface area contributed by atoms with Crippen LogP contribution in [0.15, 0.2) is 0 Å². The topological polar surface area (TPSA) is 75.1 Å². The Hall–Kier alpha value is -0.660. The molecule has 2 N–H and O–H groups in total. The van der Waals surface area contributed by atoms with Gasteiger partial charge in [0.2, 0.25) is 0 Å². The van der Waals surface area contributed by atoms with Gasteiger partial charge in [-0.3, -0.25) is 4.79 Å². The molecule has 0 spiro atoms. The van der Waals surface area contributed by atoms with Crippen molar-refractivity contribution < 1.29 is 9.90 Å². The van der Waals surface area contributed by atoms with E-state index in [1.165, 1.54) is 0 Å². The van der Waals surface area contributed by atoms with Crippen LogP contribution in [0.3, 0.4) is 0 Å². The van der Waals surface area contributed by atoms with Crippen LogP contribution in [0.2, 0.25) is 0 Å². The van der Waals surface area contributed by atoms with Gasteiger partial charge in [-0.2, -0.15) is 11.8 Å². The number of hydrogen-bond donors (Lipinski definition) is 2. The molecule has 0 saturated heterocycles. The number of carbonyl (C=O) groups excluding carboxylic acids is 1. The summed E-state index contributed by atoms with van der Waals surface area (Å²) < 4.78 is 3.80. The Balaban J connectivity index is 2.42. The van der Waals surface area contributed by atoms with Crippen molar-refractivity contribution in [3.63, 3.8) is 0 Å². The average molecular weight is 289 g/mol. The van der Waals surface area contributed by atoms with Crippen molar-refractivity contribution in [3.8, 4) is 0 Å². The second-order valence-electron chi connectivity index (χ2n) is 3.94. The van der Waals surface area contributed by atoms with Crippen LogP contribution in [-0.2, 0) is 6.42 Å². The first-order valence-electron chi connectivity index (χ1n) is 5.95. The van der Waals surface area contributed by atoms with Gasteiger partial charge < -0.3 is 10.4 Å². The van der Waals surface area contributed by atoms with Crippen LogP contribution in [0.5, 0.6) is 0 Å². The van der Waals surface area contributed by atoms with Gasteiger partial charge in [-0.05, 0) is 36.4 Å². The molecule has 0 aliphatic rings. The van der Waals surface area contributed by atoms with E-state index in [-0.39, 0.29) is 12.5 Å². The first-order valence-corrected chi connectivity index (χ1v) is 8.12. The third-order valence-electron chi connectivity index (χ3n) is 2.40. The summed E-state index contributed by atoms with van der Waals surface area (Å²) in [5.74, 6) is 0.705. The SMILES string of the molecule is CCCc1nnsc1C(=O)NCC(O)CCSC. The molecule has 0 saturated carbocycles. The quantitative estimate of drug-likeness (QED) is 0.755. The predicted molar refractivity (Wildman–Crippen MR) is 75.2 cm³/mol. The highest BCUT2D eigenvalue weighted by Gasteiger charge is 2.16. The number of aryl methyl sites for hydroxylation is 1. The Morgan fingerprint density at radius 1 is 1.61 bits per heavy atom. The number of nitrogens with zero attached hydrogens (tertiary/aromatic N) is 2. The summed E-state index contributed by atoms with van der Waals surface area (Å²) in [5, 5.41) is 16.3. The Kier molecular flexibility index (Phi) is 7.22. The van der Waals surface area contributed by atoms with Gasteiger partial charge in [0, 0.05) is 6.54 Å². The van der Waals surface area contributed by atoms with Gasteiger partial charge in [0.1, 0.15) is 4.88 Å². The highest BCUT2D eigenvalue weighted by molar-refractivity contribution is 7.98. The van der Waals surface area contributed by atoms with E-state index in [1.54, 1.807) is 11.8 Å². The zero-order chi connectivity index (χ0) is 13.4. The van der Waals surface area contributed by atoms with Crippen molar-refractivity contribution in [2.24, 2.45) is 0 Å². The summed E-state index contributed by atoms with van der Waals surface area (Å²) in [4.78, 5) is 12.4. The summed E-state index contributed by atoms with van der Waals surface area (Å²) in [7, 11) is 0. The van der Waals surface area contributed by atoms with Crippen LogP contribution in [-0.4, -0.2) is 45.3 Å². The van der Waals surface area contributed by atoms with Crippen LogP contribution in [0.25, 0.3) is 0 Å². The molecule has 1 atom stereocenters. The second kappa shape index (κ2) is 8.44. The molecule has 1 amide bonds. The number of aromatic nitrogens is 2. The van der Waals surface area contributed by atoms with E-state index in [2.05, 4.69) is 14.9 Å². The maximum atomic E-state index is 11.9. The Morgan fingerprint density at radius 3 is 3.06 bits per heavy atom. The molecule has 7 heteroatoms. The number of rotatable bonds is 8. The number of carbonyl (C=O) groups is 1. The average Bonchev–Trinajstić information content (AvgIpc) is 2.82. The first kappa shape index (κ1) is 15.4. The summed E-state index contributed by atoms with van der Waals surface area (Å²) in [6.07, 6.45) is 3.88. The number of amides is 1. The van der Waals surface area contributed by atoms with E-state index in [1.807, 2.05) is 13.2 Å². The predicted octanol–water partition coefficient (Wildman–Crippen LogP) is 1.33. The molecule has 1 rings (SSSR count). The normalized spacial score (nSPS) is 12.4. The lowest BCUT2D eigenvalue weighted by atomic mass is 10.2. The fourth-order valence-electron chi connectivity index (χ4n) is 1.43. The Labute approximate surface area is 116 Å². The van der Waals surface area contributed by atoms with Crippen molar-refractivity contribution >= 4 is 29.2 Å². The number of aliphatic hydroxyl groups excluding tert-OH is 1. The lowest BCUT2D eigenvalue weighted by Crippen LogP contribution is -2.32. The molecule has 0 radical (unpaired) electrons. The minimum absolute atomic E-state index is 0.184. The first-order chi connectivity index (χ1) is 8.69. The van der Waals surface area contributed by atoms with Crippen molar-refractivity contribution in [2.75, 3.05) is 18.6 Å².